The maximum absolute atomic E-state index is 3.91. The van der Waals surface area contributed by atoms with Crippen molar-refractivity contribution in [3.05, 3.63) is 0 Å². The minimum Gasteiger partial charge on any atom is -0.353 e. The van der Waals surface area contributed by atoms with Crippen LogP contribution < -0.4 is 10.6 Å². The highest BCUT2D eigenvalue weighted by Gasteiger charge is 2.24. The molecule has 0 aromatic heterocycles. The average Bonchev–Trinajstić information content (AvgIpc) is 1.85. The van der Waals surface area contributed by atoms with Gasteiger partial charge in [-0.3, -0.25) is 0 Å². The average molecular weight is 158 g/mol. The maximum Gasteiger partial charge on any atom is 0.127 e. The van der Waals surface area contributed by atoms with Crippen molar-refractivity contribution in [3.8, 4) is 0 Å². The topological polar surface area (TPSA) is 32.1 Å². The Bertz CT molecular complexity index is 104. The molecule has 4 N–H and O–H groups in total. The summed E-state index contributed by atoms with van der Waals surface area (Å²) in [7, 11) is 0. The summed E-state index contributed by atoms with van der Waals surface area (Å²) in [5.74, 6) is 1.86. The SMILES string of the molecule is C[C@@H]1C[C@H](C)C[NH+](CC[NH3+])C1. The van der Waals surface area contributed by atoms with Crippen molar-refractivity contribution in [1.29, 1.82) is 0 Å². The number of hydrogen-bond acceptors (Lipinski definition) is 0. The lowest BCUT2D eigenvalue weighted by molar-refractivity contribution is -0.916. The Morgan fingerprint density at radius 2 is 1.82 bits per heavy atom. The molecule has 1 rings (SSSR count). The van der Waals surface area contributed by atoms with E-state index in [2.05, 4.69) is 19.6 Å². The predicted molar refractivity (Wildman–Crippen MR) is 46.3 cm³/mol. The van der Waals surface area contributed by atoms with Crippen molar-refractivity contribution in [2.24, 2.45) is 11.8 Å². The van der Waals surface area contributed by atoms with Crippen LogP contribution in [0, 0.1) is 11.8 Å². The Hall–Kier alpha value is -0.0800. The Balaban J connectivity index is 2.30. The van der Waals surface area contributed by atoms with Gasteiger partial charge in [0.05, 0.1) is 13.1 Å². The van der Waals surface area contributed by atoms with Crippen LogP contribution in [0.3, 0.4) is 0 Å². The van der Waals surface area contributed by atoms with Gasteiger partial charge in [-0.15, -0.1) is 0 Å². The monoisotopic (exact) mass is 158 g/mol. The Morgan fingerprint density at radius 3 is 2.27 bits per heavy atom. The zero-order valence-electron chi connectivity index (χ0n) is 7.90. The van der Waals surface area contributed by atoms with E-state index in [1.54, 1.807) is 4.90 Å². The number of rotatable bonds is 2. The Morgan fingerprint density at radius 1 is 1.27 bits per heavy atom. The van der Waals surface area contributed by atoms with Gasteiger partial charge in [-0.05, 0) is 6.42 Å². The van der Waals surface area contributed by atoms with Gasteiger partial charge in [0, 0.05) is 11.8 Å². The van der Waals surface area contributed by atoms with Crippen LogP contribution in [-0.2, 0) is 0 Å². The third-order valence-electron chi connectivity index (χ3n) is 2.61. The van der Waals surface area contributed by atoms with Gasteiger partial charge < -0.3 is 10.6 Å². The second-order valence-corrected chi connectivity index (χ2v) is 4.21. The van der Waals surface area contributed by atoms with Crippen LogP contribution in [-0.4, -0.2) is 26.2 Å². The van der Waals surface area contributed by atoms with Crippen LogP contribution in [0.25, 0.3) is 0 Å². The first kappa shape index (κ1) is 9.01. The van der Waals surface area contributed by atoms with E-state index in [9.17, 15) is 0 Å². The molecule has 0 bridgehead atoms. The largest absolute Gasteiger partial charge is 0.353 e. The molecule has 0 aromatic carbocycles. The molecule has 1 aliphatic rings. The molecular weight excluding hydrogens is 136 g/mol. The van der Waals surface area contributed by atoms with Gasteiger partial charge in [0.2, 0.25) is 0 Å². The van der Waals surface area contributed by atoms with Crippen LogP contribution >= 0.6 is 0 Å². The first-order valence-electron chi connectivity index (χ1n) is 4.85. The van der Waals surface area contributed by atoms with Crippen molar-refractivity contribution in [3.63, 3.8) is 0 Å². The summed E-state index contributed by atoms with van der Waals surface area (Å²) < 4.78 is 0. The molecule has 0 aliphatic carbocycles. The molecule has 2 nitrogen and oxygen atoms in total. The standard InChI is InChI=1S/C9H20N2/c1-8-5-9(2)7-11(6-8)4-3-10/h8-9H,3-7,10H2,1-2H3/p+2/t8-,9+. The third-order valence-corrected chi connectivity index (χ3v) is 2.61. The molecule has 0 saturated carbocycles. The second kappa shape index (κ2) is 4.07. The predicted octanol–water partition coefficient (Wildman–Crippen LogP) is -1.21. The fourth-order valence-corrected chi connectivity index (χ4v) is 2.38. The van der Waals surface area contributed by atoms with Gasteiger partial charge >= 0.3 is 0 Å². The molecular formula is C9H22N2+2. The van der Waals surface area contributed by atoms with Crippen LogP contribution in [0.5, 0.6) is 0 Å². The smallest absolute Gasteiger partial charge is 0.127 e. The zero-order chi connectivity index (χ0) is 8.27. The Labute approximate surface area is 69.8 Å². The minimum atomic E-state index is 0.931. The molecule has 1 unspecified atom stereocenters. The maximum atomic E-state index is 3.91. The lowest BCUT2D eigenvalue weighted by atomic mass is 9.92. The number of likely N-dealkylation sites (tertiary alicyclic amines) is 1. The molecule has 1 fully saturated rings. The quantitative estimate of drug-likeness (QED) is 0.505. The fraction of sp³-hybridized carbons (Fsp3) is 1.00. The first-order chi connectivity index (χ1) is 5.22. The summed E-state index contributed by atoms with van der Waals surface area (Å²) in [6.45, 7) is 9.86. The van der Waals surface area contributed by atoms with Crippen molar-refractivity contribution in [2.45, 2.75) is 20.3 Å². The Kier molecular flexibility index (Phi) is 3.34. The van der Waals surface area contributed by atoms with Crippen molar-refractivity contribution in [1.82, 2.24) is 0 Å². The highest BCUT2D eigenvalue weighted by molar-refractivity contribution is 4.61. The third kappa shape index (κ3) is 2.80. The second-order valence-electron chi connectivity index (χ2n) is 4.21. The van der Waals surface area contributed by atoms with E-state index in [0.29, 0.717) is 0 Å². The van der Waals surface area contributed by atoms with E-state index >= 15 is 0 Å². The number of piperidine rings is 1. The molecule has 1 saturated heterocycles. The van der Waals surface area contributed by atoms with Gasteiger partial charge in [0.1, 0.15) is 13.1 Å². The van der Waals surface area contributed by atoms with E-state index in [-0.39, 0.29) is 0 Å². The molecule has 3 atom stereocenters. The number of hydrogen-bond donors (Lipinski definition) is 2. The van der Waals surface area contributed by atoms with Crippen LogP contribution in [0.15, 0.2) is 0 Å². The molecule has 11 heavy (non-hydrogen) atoms. The summed E-state index contributed by atoms with van der Waals surface area (Å²) in [6.07, 6.45) is 1.43. The van der Waals surface area contributed by atoms with E-state index in [1.807, 2.05) is 0 Å². The molecule has 0 amide bonds. The molecule has 1 heterocycles. The van der Waals surface area contributed by atoms with E-state index < -0.39 is 0 Å². The lowest BCUT2D eigenvalue weighted by Crippen LogP contribution is -3.15. The van der Waals surface area contributed by atoms with Gasteiger partial charge in [0.15, 0.2) is 0 Å². The first-order valence-corrected chi connectivity index (χ1v) is 4.85. The molecule has 0 radical (unpaired) electrons. The van der Waals surface area contributed by atoms with Gasteiger partial charge in [-0.25, -0.2) is 0 Å². The zero-order valence-corrected chi connectivity index (χ0v) is 7.90. The summed E-state index contributed by atoms with van der Waals surface area (Å²) in [6, 6.07) is 0. The van der Waals surface area contributed by atoms with Crippen molar-refractivity contribution >= 4 is 0 Å². The van der Waals surface area contributed by atoms with Gasteiger partial charge in [0.25, 0.3) is 0 Å². The normalized spacial score (nSPS) is 39.0. The number of nitrogens with one attached hydrogen (secondary N) is 1. The summed E-state index contributed by atoms with van der Waals surface area (Å²) in [5.41, 5.74) is 3.91. The van der Waals surface area contributed by atoms with E-state index in [4.69, 9.17) is 0 Å². The van der Waals surface area contributed by atoms with Crippen LogP contribution in [0.4, 0.5) is 0 Å². The highest BCUT2D eigenvalue weighted by Crippen LogP contribution is 2.11. The van der Waals surface area contributed by atoms with Crippen LogP contribution in [0.2, 0.25) is 0 Å². The van der Waals surface area contributed by atoms with Crippen molar-refractivity contribution < 1.29 is 10.6 Å². The summed E-state index contributed by atoms with van der Waals surface area (Å²) in [4.78, 5) is 1.77. The molecule has 0 spiro atoms. The number of quaternary nitrogens is 2. The van der Waals surface area contributed by atoms with Gasteiger partial charge in [-0.1, -0.05) is 13.8 Å². The van der Waals surface area contributed by atoms with E-state index in [1.165, 1.54) is 26.1 Å². The van der Waals surface area contributed by atoms with Crippen molar-refractivity contribution in [2.75, 3.05) is 26.2 Å². The summed E-state index contributed by atoms with van der Waals surface area (Å²) in [5, 5.41) is 0. The molecule has 2 heteroatoms. The summed E-state index contributed by atoms with van der Waals surface area (Å²) >= 11 is 0. The van der Waals surface area contributed by atoms with Gasteiger partial charge in [-0.2, -0.15) is 0 Å². The molecule has 0 aromatic rings. The molecule has 1 aliphatic heterocycles. The fourth-order valence-electron chi connectivity index (χ4n) is 2.38. The highest BCUT2D eigenvalue weighted by atomic mass is 15.1. The van der Waals surface area contributed by atoms with E-state index in [0.717, 1.165) is 18.4 Å². The molecule has 66 valence electrons. The minimum absolute atomic E-state index is 0.931. The van der Waals surface area contributed by atoms with Crippen LogP contribution in [0.1, 0.15) is 20.3 Å². The lowest BCUT2D eigenvalue weighted by Gasteiger charge is -2.31.